The zero-order chi connectivity index (χ0) is 25.5. The number of ether oxygens (including phenoxy) is 1. The van der Waals surface area contributed by atoms with Gasteiger partial charge in [-0.1, -0.05) is 47.5 Å². The van der Waals surface area contributed by atoms with Gasteiger partial charge in [0.2, 0.25) is 5.91 Å². The lowest BCUT2D eigenvalue weighted by molar-refractivity contribution is -0.115. The lowest BCUT2D eigenvalue weighted by Crippen LogP contribution is -2.22. The molecular formula is C28H22Cl2N2O3S. The van der Waals surface area contributed by atoms with Crippen molar-refractivity contribution in [2.45, 2.75) is 17.1 Å². The number of benzene rings is 4. The van der Waals surface area contributed by atoms with Gasteiger partial charge in [-0.15, -0.1) is 11.8 Å². The summed E-state index contributed by atoms with van der Waals surface area (Å²) in [5.74, 6) is 0.942. The van der Waals surface area contributed by atoms with E-state index in [9.17, 15) is 9.59 Å². The summed E-state index contributed by atoms with van der Waals surface area (Å²) in [5.41, 5.74) is 1.60. The molecule has 0 aliphatic carbocycles. The molecule has 0 aromatic heterocycles. The first-order chi connectivity index (χ1) is 17.4. The van der Waals surface area contributed by atoms with Crippen LogP contribution in [0.5, 0.6) is 11.5 Å². The number of carbonyl (C=O) groups excluding carboxylic acids is 2. The molecule has 8 heteroatoms. The van der Waals surface area contributed by atoms with Gasteiger partial charge >= 0.3 is 0 Å². The number of para-hydroxylation sites is 1. The summed E-state index contributed by atoms with van der Waals surface area (Å²) in [6.45, 7) is 1.83. The van der Waals surface area contributed by atoms with E-state index in [-0.39, 0.29) is 22.1 Å². The minimum absolute atomic E-state index is 0.140. The molecule has 0 fully saturated rings. The Balaban J connectivity index is 1.33. The maximum atomic E-state index is 12.7. The summed E-state index contributed by atoms with van der Waals surface area (Å²) >= 11 is 13.4. The molecule has 0 aliphatic heterocycles. The number of nitrogens with one attached hydrogen (secondary N) is 2. The molecule has 5 nitrogen and oxygen atoms in total. The molecule has 0 saturated heterocycles. The average Bonchev–Trinajstić information content (AvgIpc) is 2.86. The normalized spacial score (nSPS) is 11.4. The summed E-state index contributed by atoms with van der Waals surface area (Å²) in [7, 11) is 0. The van der Waals surface area contributed by atoms with E-state index >= 15 is 0 Å². The Morgan fingerprint density at radius 3 is 2.22 bits per heavy atom. The van der Waals surface area contributed by atoms with Crippen molar-refractivity contribution in [2.24, 2.45) is 0 Å². The van der Waals surface area contributed by atoms with E-state index in [0.717, 1.165) is 10.6 Å². The summed E-state index contributed by atoms with van der Waals surface area (Å²) in [6, 6.07) is 28.7. The monoisotopic (exact) mass is 536 g/mol. The first kappa shape index (κ1) is 25.6. The maximum absolute atomic E-state index is 12.7. The third-order valence-electron chi connectivity index (χ3n) is 5.05. The predicted octanol–water partition coefficient (Wildman–Crippen LogP) is 8.16. The van der Waals surface area contributed by atoms with Crippen molar-refractivity contribution in [1.29, 1.82) is 0 Å². The molecule has 0 saturated carbocycles. The highest BCUT2D eigenvalue weighted by molar-refractivity contribution is 8.00. The summed E-state index contributed by atoms with van der Waals surface area (Å²) < 4.78 is 5.78. The number of rotatable bonds is 8. The molecule has 0 bridgehead atoms. The number of halogens is 2. The van der Waals surface area contributed by atoms with Gasteiger partial charge in [-0.25, -0.2) is 0 Å². The van der Waals surface area contributed by atoms with Crippen molar-refractivity contribution in [3.8, 4) is 11.5 Å². The predicted molar refractivity (Wildman–Crippen MR) is 148 cm³/mol. The van der Waals surface area contributed by atoms with E-state index < -0.39 is 0 Å². The van der Waals surface area contributed by atoms with Gasteiger partial charge in [-0.05, 0) is 79.7 Å². The van der Waals surface area contributed by atoms with Gasteiger partial charge in [-0.3, -0.25) is 9.59 Å². The zero-order valence-corrected chi connectivity index (χ0v) is 21.5. The minimum atomic E-state index is -0.373. The van der Waals surface area contributed by atoms with Crippen LogP contribution in [0.1, 0.15) is 17.3 Å². The SMILES string of the molecule is CC(Sc1cccc(NC(=O)c2ccc(Cl)cc2Cl)c1)C(=O)Nc1ccc(Oc2ccccc2)cc1. The molecule has 1 atom stereocenters. The van der Waals surface area contributed by atoms with Crippen LogP contribution in [0.4, 0.5) is 11.4 Å². The summed E-state index contributed by atoms with van der Waals surface area (Å²) in [5, 5.41) is 6.11. The number of hydrogen-bond donors (Lipinski definition) is 2. The summed E-state index contributed by atoms with van der Waals surface area (Å²) in [6.07, 6.45) is 0. The molecule has 4 rings (SSSR count). The van der Waals surface area contributed by atoms with E-state index in [1.165, 1.54) is 17.8 Å². The van der Waals surface area contributed by atoms with Gasteiger partial charge in [0, 0.05) is 21.3 Å². The van der Waals surface area contributed by atoms with Crippen molar-refractivity contribution < 1.29 is 14.3 Å². The Labute approximate surface area is 223 Å². The van der Waals surface area contributed by atoms with Crippen LogP contribution in [-0.4, -0.2) is 17.1 Å². The molecule has 182 valence electrons. The minimum Gasteiger partial charge on any atom is -0.457 e. The average molecular weight is 537 g/mol. The fourth-order valence-electron chi connectivity index (χ4n) is 3.25. The van der Waals surface area contributed by atoms with Crippen LogP contribution in [0.15, 0.2) is 102 Å². The van der Waals surface area contributed by atoms with Gasteiger partial charge in [0.1, 0.15) is 11.5 Å². The van der Waals surface area contributed by atoms with Crippen molar-refractivity contribution in [3.05, 3.63) is 113 Å². The second-order valence-corrected chi connectivity index (χ2v) is 10.1. The van der Waals surface area contributed by atoms with E-state index in [4.69, 9.17) is 27.9 Å². The Bertz CT molecular complexity index is 1370. The van der Waals surface area contributed by atoms with Crippen LogP contribution in [0, 0.1) is 0 Å². The van der Waals surface area contributed by atoms with Crippen molar-refractivity contribution >= 4 is 58.2 Å². The molecule has 1 unspecified atom stereocenters. The van der Waals surface area contributed by atoms with E-state index in [1.807, 2.05) is 55.5 Å². The van der Waals surface area contributed by atoms with Gasteiger partial charge in [-0.2, -0.15) is 0 Å². The molecule has 0 aliphatic rings. The van der Waals surface area contributed by atoms with Crippen molar-refractivity contribution in [1.82, 2.24) is 0 Å². The maximum Gasteiger partial charge on any atom is 0.257 e. The summed E-state index contributed by atoms with van der Waals surface area (Å²) in [4.78, 5) is 26.2. The third kappa shape index (κ3) is 7.04. The molecule has 2 amide bonds. The van der Waals surface area contributed by atoms with Crippen LogP contribution < -0.4 is 15.4 Å². The van der Waals surface area contributed by atoms with Crippen LogP contribution in [-0.2, 0) is 4.79 Å². The first-order valence-corrected chi connectivity index (χ1v) is 12.7. The molecule has 0 heterocycles. The van der Waals surface area contributed by atoms with E-state index in [0.29, 0.717) is 27.7 Å². The van der Waals surface area contributed by atoms with Gasteiger partial charge < -0.3 is 15.4 Å². The molecule has 4 aromatic carbocycles. The lowest BCUT2D eigenvalue weighted by Gasteiger charge is -2.14. The second-order valence-electron chi connectivity index (χ2n) is 7.79. The highest BCUT2D eigenvalue weighted by Crippen LogP contribution is 2.28. The quantitative estimate of drug-likeness (QED) is 0.223. The molecule has 4 aromatic rings. The smallest absolute Gasteiger partial charge is 0.257 e. The molecule has 0 spiro atoms. The Morgan fingerprint density at radius 2 is 1.50 bits per heavy atom. The fraction of sp³-hybridized carbons (Fsp3) is 0.0714. The van der Waals surface area contributed by atoms with Crippen LogP contribution in [0.3, 0.4) is 0 Å². The van der Waals surface area contributed by atoms with E-state index in [2.05, 4.69) is 10.6 Å². The van der Waals surface area contributed by atoms with Crippen molar-refractivity contribution in [2.75, 3.05) is 10.6 Å². The van der Waals surface area contributed by atoms with Gasteiger partial charge in [0.05, 0.1) is 15.8 Å². The molecule has 0 radical (unpaired) electrons. The Hall–Kier alpha value is -3.45. The van der Waals surface area contributed by atoms with Gasteiger partial charge in [0.15, 0.2) is 0 Å². The zero-order valence-electron chi connectivity index (χ0n) is 19.2. The fourth-order valence-corrected chi connectivity index (χ4v) is 4.67. The Kier molecular flexibility index (Phi) is 8.54. The van der Waals surface area contributed by atoms with Crippen molar-refractivity contribution in [3.63, 3.8) is 0 Å². The number of anilines is 2. The van der Waals surface area contributed by atoms with Gasteiger partial charge in [0.25, 0.3) is 5.91 Å². The molecule has 2 N–H and O–H groups in total. The molecular weight excluding hydrogens is 515 g/mol. The topological polar surface area (TPSA) is 67.4 Å². The lowest BCUT2D eigenvalue weighted by atomic mass is 10.2. The number of hydrogen-bond acceptors (Lipinski definition) is 4. The highest BCUT2D eigenvalue weighted by atomic mass is 35.5. The van der Waals surface area contributed by atoms with Crippen LogP contribution >= 0.6 is 35.0 Å². The third-order valence-corrected chi connectivity index (χ3v) is 6.69. The number of carbonyl (C=O) groups is 2. The number of thioether (sulfide) groups is 1. The highest BCUT2D eigenvalue weighted by Gasteiger charge is 2.16. The first-order valence-electron chi connectivity index (χ1n) is 11.0. The standard InChI is InChI=1S/C28H22Cl2N2O3S/c1-18(27(33)31-20-11-13-23(14-12-20)35-22-7-3-2-4-8-22)36-24-9-5-6-21(17-24)32-28(34)25-15-10-19(29)16-26(25)30/h2-18H,1H3,(H,31,33)(H,32,34). The second kappa shape index (κ2) is 12.0. The van der Waals surface area contributed by atoms with Crippen LogP contribution in [0.25, 0.3) is 0 Å². The van der Waals surface area contributed by atoms with E-state index in [1.54, 1.807) is 42.5 Å². The largest absolute Gasteiger partial charge is 0.457 e. The van der Waals surface area contributed by atoms with Crippen LogP contribution in [0.2, 0.25) is 10.0 Å². The number of amides is 2. The Morgan fingerprint density at radius 1 is 0.778 bits per heavy atom. The molecule has 36 heavy (non-hydrogen) atoms.